The molecule has 0 unspecified atom stereocenters. The third kappa shape index (κ3) is 4.12. The Balaban J connectivity index is 2.25. The molecular formula is C12H25N. The number of rotatable bonds is 2. The van der Waals surface area contributed by atoms with E-state index in [0.29, 0.717) is 5.41 Å². The molecule has 0 aromatic carbocycles. The zero-order chi connectivity index (χ0) is 9.90. The number of hydrogen-bond donors (Lipinski definition) is 1. The molecule has 1 aliphatic carbocycles. The fraction of sp³-hybridized carbons (Fsp3) is 1.00. The average molecular weight is 183 g/mol. The maximum Gasteiger partial charge on any atom is -0.00489 e. The third-order valence-electron chi connectivity index (χ3n) is 3.20. The molecule has 13 heavy (non-hydrogen) atoms. The van der Waals surface area contributed by atoms with E-state index in [1.165, 1.54) is 32.1 Å². The van der Waals surface area contributed by atoms with Crippen molar-refractivity contribution in [2.45, 2.75) is 52.9 Å². The van der Waals surface area contributed by atoms with Gasteiger partial charge in [-0.25, -0.2) is 0 Å². The van der Waals surface area contributed by atoms with E-state index in [0.717, 1.165) is 18.4 Å². The lowest BCUT2D eigenvalue weighted by Crippen LogP contribution is -2.23. The molecule has 1 saturated carbocycles. The molecular weight excluding hydrogens is 158 g/mol. The van der Waals surface area contributed by atoms with Crippen molar-refractivity contribution in [1.82, 2.24) is 0 Å². The lowest BCUT2D eigenvalue weighted by atomic mass is 9.75. The Morgan fingerprint density at radius 2 is 1.46 bits per heavy atom. The van der Waals surface area contributed by atoms with Crippen molar-refractivity contribution < 1.29 is 0 Å². The Hall–Kier alpha value is -0.0400. The highest BCUT2D eigenvalue weighted by Gasteiger charge is 2.24. The molecule has 0 amide bonds. The van der Waals surface area contributed by atoms with E-state index < -0.39 is 0 Å². The van der Waals surface area contributed by atoms with Crippen molar-refractivity contribution in [2.75, 3.05) is 6.54 Å². The molecule has 0 spiro atoms. The third-order valence-corrected chi connectivity index (χ3v) is 3.20. The van der Waals surface area contributed by atoms with Crippen LogP contribution in [0.15, 0.2) is 0 Å². The van der Waals surface area contributed by atoms with Crippen LogP contribution in [0.2, 0.25) is 0 Å². The summed E-state index contributed by atoms with van der Waals surface area (Å²) in [4.78, 5) is 0. The van der Waals surface area contributed by atoms with Crippen molar-refractivity contribution in [3.63, 3.8) is 0 Å². The molecule has 0 atom stereocenters. The summed E-state index contributed by atoms with van der Waals surface area (Å²) in [6, 6.07) is 0. The summed E-state index contributed by atoms with van der Waals surface area (Å²) in [7, 11) is 0. The molecule has 0 radical (unpaired) electrons. The zero-order valence-electron chi connectivity index (χ0n) is 9.47. The van der Waals surface area contributed by atoms with Gasteiger partial charge in [-0.2, -0.15) is 0 Å². The van der Waals surface area contributed by atoms with E-state index in [4.69, 9.17) is 5.73 Å². The minimum absolute atomic E-state index is 0.514. The van der Waals surface area contributed by atoms with Crippen LogP contribution in [0.5, 0.6) is 0 Å². The van der Waals surface area contributed by atoms with E-state index in [-0.39, 0.29) is 0 Å². The molecule has 1 heteroatoms. The first kappa shape index (κ1) is 11.0. The van der Waals surface area contributed by atoms with E-state index in [1.54, 1.807) is 0 Å². The van der Waals surface area contributed by atoms with Crippen LogP contribution in [-0.4, -0.2) is 6.54 Å². The van der Waals surface area contributed by atoms with Crippen molar-refractivity contribution in [1.29, 1.82) is 0 Å². The molecule has 1 fully saturated rings. The van der Waals surface area contributed by atoms with E-state index >= 15 is 0 Å². The van der Waals surface area contributed by atoms with E-state index in [1.807, 2.05) is 0 Å². The van der Waals surface area contributed by atoms with Gasteiger partial charge in [0.05, 0.1) is 0 Å². The molecule has 0 bridgehead atoms. The van der Waals surface area contributed by atoms with Gasteiger partial charge in [0.15, 0.2) is 0 Å². The summed E-state index contributed by atoms with van der Waals surface area (Å²) < 4.78 is 0. The number of hydrogen-bond acceptors (Lipinski definition) is 1. The minimum atomic E-state index is 0.514. The van der Waals surface area contributed by atoms with Crippen LogP contribution in [-0.2, 0) is 0 Å². The molecule has 0 aromatic rings. The highest BCUT2D eigenvalue weighted by molar-refractivity contribution is 4.76. The number of nitrogens with two attached hydrogens (primary N) is 1. The molecule has 2 N–H and O–H groups in total. The standard InChI is InChI=1S/C12H25N/c1-12(2,3)8-10-4-6-11(9-13)7-5-10/h10-11H,4-9,13H2,1-3H3/t10-,11-. The predicted molar refractivity (Wildman–Crippen MR) is 58.6 cm³/mol. The quantitative estimate of drug-likeness (QED) is 0.699. The summed E-state index contributed by atoms with van der Waals surface area (Å²) in [5, 5.41) is 0. The lowest BCUT2D eigenvalue weighted by Gasteiger charge is -2.32. The maximum absolute atomic E-state index is 5.68. The van der Waals surface area contributed by atoms with Gasteiger partial charge in [-0.3, -0.25) is 0 Å². The van der Waals surface area contributed by atoms with E-state index in [9.17, 15) is 0 Å². The first-order valence-electron chi connectivity index (χ1n) is 5.71. The Kier molecular flexibility index (Phi) is 3.78. The fourth-order valence-electron chi connectivity index (χ4n) is 2.54. The van der Waals surface area contributed by atoms with Crippen molar-refractivity contribution >= 4 is 0 Å². The summed E-state index contributed by atoms with van der Waals surface area (Å²) in [6.45, 7) is 7.95. The second kappa shape index (κ2) is 4.45. The average Bonchev–Trinajstić information content (AvgIpc) is 2.03. The molecule has 0 saturated heterocycles. The summed E-state index contributed by atoms with van der Waals surface area (Å²) in [5.74, 6) is 1.80. The van der Waals surface area contributed by atoms with Gasteiger partial charge in [0.25, 0.3) is 0 Å². The summed E-state index contributed by atoms with van der Waals surface area (Å²) in [6.07, 6.45) is 6.97. The lowest BCUT2D eigenvalue weighted by molar-refractivity contribution is 0.207. The zero-order valence-corrected chi connectivity index (χ0v) is 9.47. The first-order valence-corrected chi connectivity index (χ1v) is 5.71. The Labute approximate surface area is 83.1 Å². The van der Waals surface area contributed by atoms with Crippen molar-refractivity contribution in [3.8, 4) is 0 Å². The normalized spacial score (nSPS) is 30.5. The largest absolute Gasteiger partial charge is 0.330 e. The Bertz CT molecular complexity index is 138. The molecule has 1 rings (SSSR count). The SMILES string of the molecule is CC(C)(C)C[C@H]1CC[C@H](CN)CC1. The van der Waals surface area contributed by atoms with Crippen LogP contribution < -0.4 is 5.73 Å². The van der Waals surface area contributed by atoms with Crippen molar-refractivity contribution in [3.05, 3.63) is 0 Å². The van der Waals surface area contributed by atoms with Crippen LogP contribution in [0.4, 0.5) is 0 Å². The molecule has 0 aromatic heterocycles. The molecule has 0 aliphatic heterocycles. The summed E-state index contributed by atoms with van der Waals surface area (Å²) >= 11 is 0. The molecule has 1 nitrogen and oxygen atoms in total. The van der Waals surface area contributed by atoms with Crippen LogP contribution in [0.1, 0.15) is 52.9 Å². The maximum atomic E-state index is 5.68. The highest BCUT2D eigenvalue weighted by Crippen LogP contribution is 2.35. The van der Waals surface area contributed by atoms with Crippen molar-refractivity contribution in [2.24, 2.45) is 23.0 Å². The van der Waals surface area contributed by atoms with Gasteiger partial charge in [0.1, 0.15) is 0 Å². The van der Waals surface area contributed by atoms with Gasteiger partial charge >= 0.3 is 0 Å². The first-order chi connectivity index (χ1) is 6.01. The smallest absolute Gasteiger partial charge is 0.00489 e. The van der Waals surface area contributed by atoms with Gasteiger partial charge in [0, 0.05) is 0 Å². The highest BCUT2D eigenvalue weighted by atomic mass is 14.5. The van der Waals surface area contributed by atoms with Crippen LogP contribution in [0.25, 0.3) is 0 Å². The fourth-order valence-corrected chi connectivity index (χ4v) is 2.54. The van der Waals surface area contributed by atoms with Crippen LogP contribution >= 0.6 is 0 Å². The van der Waals surface area contributed by atoms with Gasteiger partial charge in [-0.1, -0.05) is 33.6 Å². The van der Waals surface area contributed by atoms with E-state index in [2.05, 4.69) is 20.8 Å². The van der Waals surface area contributed by atoms with Gasteiger partial charge < -0.3 is 5.73 Å². The molecule has 0 heterocycles. The van der Waals surface area contributed by atoms with Gasteiger partial charge in [-0.05, 0) is 43.1 Å². The topological polar surface area (TPSA) is 26.0 Å². The Morgan fingerprint density at radius 1 is 1.00 bits per heavy atom. The second-order valence-electron chi connectivity index (χ2n) is 5.89. The Morgan fingerprint density at radius 3 is 1.85 bits per heavy atom. The summed E-state index contributed by atoms with van der Waals surface area (Å²) in [5.41, 5.74) is 6.19. The second-order valence-corrected chi connectivity index (χ2v) is 5.89. The van der Waals surface area contributed by atoms with Gasteiger partial charge in [-0.15, -0.1) is 0 Å². The molecule has 1 aliphatic rings. The minimum Gasteiger partial charge on any atom is -0.330 e. The van der Waals surface area contributed by atoms with Crippen LogP contribution in [0, 0.1) is 17.3 Å². The monoisotopic (exact) mass is 183 g/mol. The van der Waals surface area contributed by atoms with Gasteiger partial charge in [0.2, 0.25) is 0 Å². The van der Waals surface area contributed by atoms with Crippen LogP contribution in [0.3, 0.4) is 0 Å². The predicted octanol–water partition coefficient (Wildman–Crippen LogP) is 3.19. The molecule has 78 valence electrons.